The maximum atomic E-state index is 12.0. The second-order valence-electron chi connectivity index (χ2n) is 4.59. The molecule has 1 saturated carbocycles. The Bertz CT molecular complexity index is 400. The van der Waals surface area contributed by atoms with Gasteiger partial charge in [0, 0.05) is 17.6 Å². The lowest BCUT2D eigenvalue weighted by atomic mass is 9.95. The fraction of sp³-hybridized carbons (Fsp3) is 0.538. The topological polar surface area (TPSA) is 42.0 Å². The van der Waals surface area contributed by atoms with Crippen LogP contribution >= 0.6 is 11.6 Å². The molecule has 1 heterocycles. The third kappa shape index (κ3) is 3.19. The molecule has 4 heteroatoms. The lowest BCUT2D eigenvalue weighted by Gasteiger charge is -2.25. The first-order valence-corrected chi connectivity index (χ1v) is 6.47. The number of carbonyl (C=O) groups is 1. The molecule has 17 heavy (non-hydrogen) atoms. The van der Waals surface area contributed by atoms with Crippen molar-refractivity contribution < 1.29 is 4.79 Å². The van der Waals surface area contributed by atoms with E-state index in [9.17, 15) is 4.79 Å². The highest BCUT2D eigenvalue weighted by Gasteiger charge is 2.22. The molecule has 1 amide bonds. The third-order valence-electron chi connectivity index (χ3n) is 3.22. The van der Waals surface area contributed by atoms with Crippen molar-refractivity contribution in [2.24, 2.45) is 0 Å². The maximum absolute atomic E-state index is 12.0. The van der Waals surface area contributed by atoms with E-state index in [1.54, 1.807) is 6.20 Å². The van der Waals surface area contributed by atoms with Gasteiger partial charge in [0.25, 0.3) is 5.91 Å². The zero-order valence-corrected chi connectivity index (χ0v) is 10.7. The average molecular weight is 253 g/mol. The number of rotatable bonds is 2. The van der Waals surface area contributed by atoms with Gasteiger partial charge in [-0.1, -0.05) is 6.07 Å². The van der Waals surface area contributed by atoms with Gasteiger partial charge in [-0.05, 0) is 44.2 Å². The van der Waals surface area contributed by atoms with Crippen LogP contribution in [0.3, 0.4) is 0 Å². The van der Waals surface area contributed by atoms with Gasteiger partial charge in [0.05, 0.1) is 0 Å². The zero-order chi connectivity index (χ0) is 12.3. The van der Waals surface area contributed by atoms with Crippen molar-refractivity contribution in [2.45, 2.75) is 44.0 Å². The SMILES string of the molecule is Cc1cccnc1C(=O)NC1CCC(Cl)CC1. The predicted octanol–water partition coefficient (Wildman–Crippen LogP) is 2.67. The van der Waals surface area contributed by atoms with E-state index in [-0.39, 0.29) is 17.3 Å². The molecule has 0 radical (unpaired) electrons. The van der Waals surface area contributed by atoms with Crippen LogP contribution in [0.5, 0.6) is 0 Å². The summed E-state index contributed by atoms with van der Waals surface area (Å²) in [6.45, 7) is 1.90. The molecule has 0 spiro atoms. The molecule has 1 aliphatic rings. The Labute approximate surface area is 107 Å². The first-order chi connectivity index (χ1) is 8.16. The molecule has 0 unspecified atom stereocenters. The van der Waals surface area contributed by atoms with Crippen molar-refractivity contribution in [1.82, 2.24) is 10.3 Å². The molecule has 0 saturated heterocycles. The molecule has 0 bridgehead atoms. The number of carbonyl (C=O) groups excluding carboxylic acids is 1. The number of hydrogen-bond donors (Lipinski definition) is 1. The lowest BCUT2D eigenvalue weighted by molar-refractivity contribution is 0.0922. The quantitative estimate of drug-likeness (QED) is 0.823. The molecular weight excluding hydrogens is 236 g/mol. The van der Waals surface area contributed by atoms with Crippen LogP contribution < -0.4 is 5.32 Å². The summed E-state index contributed by atoms with van der Waals surface area (Å²) in [5.74, 6) is -0.0684. The van der Waals surface area contributed by atoms with Crippen LogP contribution in [0.2, 0.25) is 0 Å². The number of aromatic nitrogens is 1. The minimum Gasteiger partial charge on any atom is -0.348 e. The third-order valence-corrected chi connectivity index (χ3v) is 3.65. The molecule has 1 N–H and O–H groups in total. The van der Waals surface area contributed by atoms with E-state index in [0.29, 0.717) is 5.69 Å². The molecule has 0 atom stereocenters. The minimum absolute atomic E-state index is 0.0684. The van der Waals surface area contributed by atoms with Crippen molar-refractivity contribution in [2.75, 3.05) is 0 Å². The summed E-state index contributed by atoms with van der Waals surface area (Å²) < 4.78 is 0. The molecule has 0 aromatic carbocycles. The van der Waals surface area contributed by atoms with Crippen LogP contribution in [0, 0.1) is 6.92 Å². The van der Waals surface area contributed by atoms with E-state index in [1.807, 2.05) is 19.1 Å². The summed E-state index contributed by atoms with van der Waals surface area (Å²) in [6, 6.07) is 3.99. The highest BCUT2D eigenvalue weighted by Crippen LogP contribution is 2.23. The Balaban J connectivity index is 1.96. The van der Waals surface area contributed by atoms with Crippen LogP contribution in [0.15, 0.2) is 18.3 Å². The van der Waals surface area contributed by atoms with Gasteiger partial charge in [0.15, 0.2) is 0 Å². The summed E-state index contributed by atoms with van der Waals surface area (Å²) in [7, 11) is 0. The van der Waals surface area contributed by atoms with E-state index in [1.165, 1.54) is 0 Å². The molecule has 92 valence electrons. The minimum atomic E-state index is -0.0684. The fourth-order valence-corrected chi connectivity index (χ4v) is 2.43. The van der Waals surface area contributed by atoms with E-state index in [4.69, 9.17) is 11.6 Å². The average Bonchev–Trinajstić information content (AvgIpc) is 2.32. The smallest absolute Gasteiger partial charge is 0.270 e. The fourth-order valence-electron chi connectivity index (χ4n) is 2.17. The maximum Gasteiger partial charge on any atom is 0.270 e. The molecule has 3 nitrogen and oxygen atoms in total. The Morgan fingerprint density at radius 2 is 2.12 bits per heavy atom. The standard InChI is InChI=1S/C13H17ClN2O/c1-9-3-2-8-15-12(9)13(17)16-11-6-4-10(14)5-7-11/h2-3,8,10-11H,4-7H2,1H3,(H,16,17). The van der Waals surface area contributed by atoms with Crippen molar-refractivity contribution in [1.29, 1.82) is 0 Å². The van der Waals surface area contributed by atoms with Crippen molar-refractivity contribution in [3.63, 3.8) is 0 Å². The summed E-state index contributed by atoms with van der Waals surface area (Å²) in [5, 5.41) is 3.31. The van der Waals surface area contributed by atoms with Gasteiger partial charge >= 0.3 is 0 Å². The van der Waals surface area contributed by atoms with Gasteiger partial charge in [-0.2, -0.15) is 0 Å². The number of pyridine rings is 1. The second-order valence-corrected chi connectivity index (χ2v) is 5.21. The number of halogens is 1. The number of amides is 1. The van der Waals surface area contributed by atoms with E-state index < -0.39 is 0 Å². The molecule has 1 aromatic heterocycles. The van der Waals surface area contributed by atoms with Gasteiger partial charge < -0.3 is 5.32 Å². The van der Waals surface area contributed by atoms with Crippen LogP contribution in [0.4, 0.5) is 0 Å². The first kappa shape index (κ1) is 12.4. The van der Waals surface area contributed by atoms with Crippen molar-refractivity contribution in [3.8, 4) is 0 Å². The summed E-state index contributed by atoms with van der Waals surface area (Å²) in [4.78, 5) is 16.1. The van der Waals surface area contributed by atoms with E-state index in [2.05, 4.69) is 10.3 Å². The van der Waals surface area contributed by atoms with Crippen LogP contribution in [-0.4, -0.2) is 22.3 Å². The molecule has 1 aliphatic carbocycles. The molecule has 1 aromatic rings. The van der Waals surface area contributed by atoms with Crippen LogP contribution in [0.25, 0.3) is 0 Å². The van der Waals surface area contributed by atoms with Crippen molar-refractivity contribution in [3.05, 3.63) is 29.6 Å². The van der Waals surface area contributed by atoms with Gasteiger partial charge in [-0.3, -0.25) is 9.78 Å². The zero-order valence-electron chi connectivity index (χ0n) is 9.95. The number of nitrogens with zero attached hydrogens (tertiary/aromatic N) is 1. The normalized spacial score (nSPS) is 24.4. The Morgan fingerprint density at radius 1 is 1.41 bits per heavy atom. The van der Waals surface area contributed by atoms with Crippen LogP contribution in [-0.2, 0) is 0 Å². The highest BCUT2D eigenvalue weighted by atomic mass is 35.5. The highest BCUT2D eigenvalue weighted by molar-refractivity contribution is 6.20. The van der Waals surface area contributed by atoms with Gasteiger partial charge in [0.1, 0.15) is 5.69 Å². The number of nitrogens with one attached hydrogen (secondary N) is 1. The van der Waals surface area contributed by atoms with Gasteiger partial charge in [0.2, 0.25) is 0 Å². The molecule has 2 rings (SSSR count). The summed E-state index contributed by atoms with van der Waals surface area (Å²) in [6.07, 6.45) is 5.54. The summed E-state index contributed by atoms with van der Waals surface area (Å²) in [5.41, 5.74) is 1.44. The van der Waals surface area contributed by atoms with Gasteiger partial charge in [-0.25, -0.2) is 0 Å². The Morgan fingerprint density at radius 3 is 2.76 bits per heavy atom. The largest absolute Gasteiger partial charge is 0.348 e. The predicted molar refractivity (Wildman–Crippen MR) is 68.3 cm³/mol. The number of hydrogen-bond acceptors (Lipinski definition) is 2. The Kier molecular flexibility index (Phi) is 4.00. The van der Waals surface area contributed by atoms with Gasteiger partial charge in [-0.15, -0.1) is 11.6 Å². The second kappa shape index (κ2) is 5.50. The number of aryl methyl sites for hydroxylation is 1. The monoisotopic (exact) mass is 252 g/mol. The lowest BCUT2D eigenvalue weighted by Crippen LogP contribution is -2.38. The van der Waals surface area contributed by atoms with E-state index in [0.717, 1.165) is 31.2 Å². The number of alkyl halides is 1. The molecule has 1 fully saturated rings. The molecule has 0 aliphatic heterocycles. The Hall–Kier alpha value is -1.09. The van der Waals surface area contributed by atoms with E-state index >= 15 is 0 Å². The van der Waals surface area contributed by atoms with Crippen LogP contribution in [0.1, 0.15) is 41.7 Å². The van der Waals surface area contributed by atoms with Crippen molar-refractivity contribution >= 4 is 17.5 Å². The molecular formula is C13H17ClN2O. The first-order valence-electron chi connectivity index (χ1n) is 6.03. The summed E-state index contributed by atoms with van der Waals surface area (Å²) >= 11 is 6.04.